The quantitative estimate of drug-likeness (QED) is 0.733. The molecular formula is C14H18N2O. The number of likely N-dealkylation sites (N-methyl/N-ethyl adjacent to an activating group) is 1. The highest BCUT2D eigenvalue weighted by atomic mass is 16.1. The monoisotopic (exact) mass is 230 g/mol. The molecule has 1 aromatic rings. The Hall–Kier alpha value is -1.19. The van der Waals surface area contributed by atoms with Gasteiger partial charge in [-0.2, -0.15) is 0 Å². The maximum atomic E-state index is 11.0. The first-order valence-corrected chi connectivity index (χ1v) is 6.25. The highest BCUT2D eigenvalue weighted by Crippen LogP contribution is 2.31. The Balaban J connectivity index is 1.69. The van der Waals surface area contributed by atoms with Gasteiger partial charge in [-0.1, -0.05) is 24.3 Å². The summed E-state index contributed by atoms with van der Waals surface area (Å²) in [6.45, 7) is 3.19. The molecule has 0 saturated carbocycles. The second-order valence-electron chi connectivity index (χ2n) is 5.22. The first kappa shape index (κ1) is 10.9. The molecule has 3 aliphatic rings. The van der Waals surface area contributed by atoms with Crippen molar-refractivity contribution >= 4 is 6.29 Å². The van der Waals surface area contributed by atoms with Crippen molar-refractivity contribution in [3.63, 3.8) is 0 Å². The number of nitrogens with zero attached hydrogens (tertiary/aromatic N) is 2. The molecule has 90 valence electrons. The van der Waals surface area contributed by atoms with Crippen molar-refractivity contribution in [1.29, 1.82) is 0 Å². The van der Waals surface area contributed by atoms with E-state index >= 15 is 0 Å². The maximum absolute atomic E-state index is 11.0. The number of piperidine rings is 1. The fourth-order valence-electron chi connectivity index (χ4n) is 3.05. The number of benzene rings is 1. The van der Waals surface area contributed by atoms with Gasteiger partial charge in [-0.25, -0.2) is 0 Å². The second-order valence-corrected chi connectivity index (χ2v) is 5.22. The van der Waals surface area contributed by atoms with Gasteiger partial charge in [-0.3, -0.25) is 14.6 Å². The van der Waals surface area contributed by atoms with Gasteiger partial charge in [-0.15, -0.1) is 0 Å². The molecule has 0 radical (unpaired) electrons. The number of hydrogen-bond donors (Lipinski definition) is 0. The Morgan fingerprint density at radius 1 is 1.29 bits per heavy atom. The van der Waals surface area contributed by atoms with E-state index in [1.165, 1.54) is 6.42 Å². The third-order valence-corrected chi connectivity index (χ3v) is 4.21. The van der Waals surface area contributed by atoms with Gasteiger partial charge in [0, 0.05) is 37.3 Å². The second kappa shape index (κ2) is 4.24. The smallest absolute Gasteiger partial charge is 0.150 e. The van der Waals surface area contributed by atoms with Crippen molar-refractivity contribution in [3.8, 4) is 0 Å². The molecule has 17 heavy (non-hydrogen) atoms. The van der Waals surface area contributed by atoms with Crippen LogP contribution >= 0.6 is 0 Å². The van der Waals surface area contributed by atoms with Gasteiger partial charge >= 0.3 is 0 Å². The molecule has 2 bridgehead atoms. The topological polar surface area (TPSA) is 23.6 Å². The minimum atomic E-state index is 0.733. The lowest BCUT2D eigenvalue weighted by atomic mass is 9.88. The fourth-order valence-corrected chi connectivity index (χ4v) is 3.05. The number of piperazine rings is 1. The first-order valence-electron chi connectivity index (χ1n) is 6.25. The Kier molecular flexibility index (Phi) is 2.73. The predicted octanol–water partition coefficient (Wildman–Crippen LogP) is 1.39. The van der Waals surface area contributed by atoms with Gasteiger partial charge in [0.15, 0.2) is 0 Å². The lowest BCUT2D eigenvalue weighted by molar-refractivity contribution is -0.0532. The zero-order chi connectivity index (χ0) is 11.8. The third-order valence-electron chi connectivity index (χ3n) is 4.21. The van der Waals surface area contributed by atoms with Crippen molar-refractivity contribution < 1.29 is 4.79 Å². The summed E-state index contributed by atoms with van der Waals surface area (Å²) in [5, 5.41) is 0. The average molecular weight is 230 g/mol. The van der Waals surface area contributed by atoms with Gasteiger partial charge < -0.3 is 0 Å². The number of aldehydes is 1. The molecule has 3 heteroatoms. The number of hydrogen-bond acceptors (Lipinski definition) is 3. The van der Waals surface area contributed by atoms with Crippen molar-refractivity contribution in [1.82, 2.24) is 9.80 Å². The van der Waals surface area contributed by atoms with Crippen LogP contribution in [0.15, 0.2) is 24.3 Å². The first-order chi connectivity index (χ1) is 8.28. The van der Waals surface area contributed by atoms with E-state index in [1.807, 2.05) is 18.2 Å². The van der Waals surface area contributed by atoms with Gasteiger partial charge in [0.25, 0.3) is 0 Å². The highest BCUT2D eigenvalue weighted by Gasteiger charge is 2.41. The van der Waals surface area contributed by atoms with E-state index in [2.05, 4.69) is 22.9 Å². The van der Waals surface area contributed by atoms with E-state index in [1.54, 1.807) is 0 Å². The van der Waals surface area contributed by atoms with Crippen LogP contribution < -0.4 is 0 Å². The fraction of sp³-hybridized carbons (Fsp3) is 0.500. The van der Waals surface area contributed by atoms with Gasteiger partial charge in [0.1, 0.15) is 6.29 Å². The van der Waals surface area contributed by atoms with Gasteiger partial charge in [0.05, 0.1) is 0 Å². The zero-order valence-corrected chi connectivity index (χ0v) is 10.2. The molecule has 3 aliphatic heterocycles. The minimum absolute atomic E-state index is 0.733. The molecule has 0 spiro atoms. The normalized spacial score (nSPS) is 28.8. The van der Waals surface area contributed by atoms with Crippen LogP contribution in [-0.4, -0.2) is 48.3 Å². The van der Waals surface area contributed by atoms with Crippen LogP contribution in [-0.2, 0) is 6.54 Å². The van der Waals surface area contributed by atoms with Crippen molar-refractivity contribution in [3.05, 3.63) is 35.4 Å². The number of carbonyl (C=O) groups excluding carboxylic acids is 1. The van der Waals surface area contributed by atoms with E-state index in [4.69, 9.17) is 0 Å². The SMILES string of the molecule is CN1C2CC1CN(Cc1ccccc1C=O)C2. The van der Waals surface area contributed by atoms with E-state index < -0.39 is 0 Å². The summed E-state index contributed by atoms with van der Waals surface area (Å²) >= 11 is 0. The molecule has 2 atom stereocenters. The lowest BCUT2D eigenvalue weighted by Gasteiger charge is -2.55. The number of fused-ring (bicyclic) bond motifs is 2. The van der Waals surface area contributed by atoms with Crippen molar-refractivity contribution in [2.24, 2.45) is 0 Å². The summed E-state index contributed by atoms with van der Waals surface area (Å²) in [4.78, 5) is 15.9. The maximum Gasteiger partial charge on any atom is 0.150 e. The van der Waals surface area contributed by atoms with Gasteiger partial charge in [-0.05, 0) is 19.0 Å². The van der Waals surface area contributed by atoms with Crippen LogP contribution in [0.3, 0.4) is 0 Å². The molecule has 3 heterocycles. The van der Waals surface area contributed by atoms with Crippen LogP contribution in [0.2, 0.25) is 0 Å². The third kappa shape index (κ3) is 1.90. The summed E-state index contributed by atoms with van der Waals surface area (Å²) in [6, 6.07) is 9.37. The summed E-state index contributed by atoms with van der Waals surface area (Å²) in [5.74, 6) is 0. The molecule has 4 rings (SSSR count). The summed E-state index contributed by atoms with van der Waals surface area (Å²) in [5.41, 5.74) is 1.99. The average Bonchev–Trinajstić information content (AvgIpc) is 2.39. The molecule has 3 fully saturated rings. The summed E-state index contributed by atoms with van der Waals surface area (Å²) < 4.78 is 0. The lowest BCUT2D eigenvalue weighted by Crippen LogP contribution is -2.66. The zero-order valence-electron chi connectivity index (χ0n) is 10.2. The molecule has 0 aliphatic carbocycles. The van der Waals surface area contributed by atoms with Crippen LogP contribution in [0.25, 0.3) is 0 Å². The van der Waals surface area contributed by atoms with Crippen molar-refractivity contribution in [2.45, 2.75) is 25.0 Å². The van der Waals surface area contributed by atoms with Crippen molar-refractivity contribution in [2.75, 3.05) is 20.1 Å². The Morgan fingerprint density at radius 3 is 2.65 bits per heavy atom. The molecule has 0 amide bonds. The number of carbonyl (C=O) groups is 1. The molecule has 3 nitrogen and oxygen atoms in total. The molecular weight excluding hydrogens is 212 g/mol. The van der Waals surface area contributed by atoms with E-state index in [9.17, 15) is 4.79 Å². The Bertz CT molecular complexity index is 420. The molecule has 0 N–H and O–H groups in total. The largest absolute Gasteiger partial charge is 0.298 e. The van der Waals surface area contributed by atoms with Crippen LogP contribution in [0, 0.1) is 0 Å². The predicted molar refractivity (Wildman–Crippen MR) is 67.1 cm³/mol. The molecule has 0 aromatic heterocycles. The summed E-state index contributed by atoms with van der Waals surface area (Å²) in [6.07, 6.45) is 2.31. The standard InChI is InChI=1S/C14H18N2O/c1-15-13-6-14(15)9-16(8-13)7-11-4-2-3-5-12(11)10-17/h2-5,10,13-14H,6-9H2,1H3. The summed E-state index contributed by atoms with van der Waals surface area (Å²) in [7, 11) is 2.22. The number of rotatable bonds is 3. The Labute approximate surface area is 102 Å². The molecule has 2 unspecified atom stereocenters. The van der Waals surface area contributed by atoms with Crippen LogP contribution in [0.5, 0.6) is 0 Å². The highest BCUT2D eigenvalue weighted by molar-refractivity contribution is 5.77. The van der Waals surface area contributed by atoms with E-state index in [-0.39, 0.29) is 0 Å². The Morgan fingerprint density at radius 2 is 2.00 bits per heavy atom. The van der Waals surface area contributed by atoms with Crippen LogP contribution in [0.1, 0.15) is 22.3 Å². The van der Waals surface area contributed by atoms with Gasteiger partial charge in [0.2, 0.25) is 0 Å². The molecule has 1 aromatic carbocycles. The molecule has 3 saturated heterocycles. The van der Waals surface area contributed by atoms with Crippen LogP contribution in [0.4, 0.5) is 0 Å². The van der Waals surface area contributed by atoms with E-state index in [0.29, 0.717) is 0 Å². The van der Waals surface area contributed by atoms with E-state index in [0.717, 1.165) is 49.1 Å². The minimum Gasteiger partial charge on any atom is -0.298 e.